The van der Waals surface area contributed by atoms with Gasteiger partial charge in [-0.05, 0) is 18.5 Å². The van der Waals surface area contributed by atoms with Gasteiger partial charge in [0, 0.05) is 0 Å². The summed E-state index contributed by atoms with van der Waals surface area (Å²) in [4.78, 5) is 7.55. The van der Waals surface area contributed by atoms with Gasteiger partial charge in [0.05, 0.1) is 12.8 Å². The second-order valence-electron chi connectivity index (χ2n) is 1.90. The summed E-state index contributed by atoms with van der Waals surface area (Å²) in [6, 6.07) is 0. The SMILES string of the molecule is COc1c(C)nc(Cl)nc1Cl. The molecule has 0 fully saturated rings. The van der Waals surface area contributed by atoms with Gasteiger partial charge in [-0.1, -0.05) is 11.6 Å². The summed E-state index contributed by atoms with van der Waals surface area (Å²) < 4.78 is 4.92. The third-order valence-corrected chi connectivity index (χ3v) is 1.60. The van der Waals surface area contributed by atoms with Gasteiger partial charge in [-0.25, -0.2) is 9.97 Å². The number of ether oxygens (including phenoxy) is 1. The van der Waals surface area contributed by atoms with Crippen LogP contribution in [-0.4, -0.2) is 17.1 Å². The first kappa shape index (κ1) is 8.56. The van der Waals surface area contributed by atoms with Gasteiger partial charge in [-0.15, -0.1) is 0 Å². The van der Waals surface area contributed by atoms with Crippen LogP contribution in [0.3, 0.4) is 0 Å². The number of rotatable bonds is 1. The maximum absolute atomic E-state index is 5.67. The Hall–Kier alpha value is -0.540. The number of aryl methyl sites for hydroxylation is 1. The summed E-state index contributed by atoms with van der Waals surface area (Å²) in [5.41, 5.74) is 0.637. The highest BCUT2D eigenvalue weighted by atomic mass is 35.5. The Bertz CT molecular complexity index is 254. The van der Waals surface area contributed by atoms with Crippen molar-refractivity contribution in [2.24, 2.45) is 0 Å². The van der Waals surface area contributed by atoms with Gasteiger partial charge in [0.15, 0.2) is 10.9 Å². The number of halogens is 2. The molecule has 0 aliphatic heterocycles. The fourth-order valence-electron chi connectivity index (χ4n) is 0.727. The van der Waals surface area contributed by atoms with Gasteiger partial charge in [0.1, 0.15) is 0 Å². The maximum atomic E-state index is 5.67. The van der Waals surface area contributed by atoms with Crippen molar-refractivity contribution in [1.29, 1.82) is 0 Å². The fourth-order valence-corrected chi connectivity index (χ4v) is 1.28. The molecule has 0 amide bonds. The van der Waals surface area contributed by atoms with Crippen molar-refractivity contribution in [3.8, 4) is 5.75 Å². The number of hydrogen-bond donors (Lipinski definition) is 0. The van der Waals surface area contributed by atoms with E-state index in [1.807, 2.05) is 0 Å². The number of aromatic nitrogens is 2. The Labute approximate surface area is 74.3 Å². The molecule has 60 valence electrons. The van der Waals surface area contributed by atoms with E-state index in [0.717, 1.165) is 0 Å². The third kappa shape index (κ3) is 1.73. The summed E-state index contributed by atoms with van der Waals surface area (Å²) in [7, 11) is 1.51. The minimum atomic E-state index is 0.133. The number of hydrogen-bond acceptors (Lipinski definition) is 3. The quantitative estimate of drug-likeness (QED) is 0.506. The van der Waals surface area contributed by atoms with Gasteiger partial charge in [0.2, 0.25) is 5.28 Å². The van der Waals surface area contributed by atoms with E-state index in [1.165, 1.54) is 7.11 Å². The molecular weight excluding hydrogens is 187 g/mol. The van der Waals surface area contributed by atoms with Crippen molar-refractivity contribution in [2.75, 3.05) is 7.11 Å². The van der Waals surface area contributed by atoms with Crippen LogP contribution in [0.2, 0.25) is 10.4 Å². The zero-order valence-corrected chi connectivity index (χ0v) is 7.57. The van der Waals surface area contributed by atoms with E-state index in [9.17, 15) is 0 Å². The molecule has 0 radical (unpaired) electrons. The second kappa shape index (κ2) is 3.24. The smallest absolute Gasteiger partial charge is 0.224 e. The molecule has 3 nitrogen and oxygen atoms in total. The topological polar surface area (TPSA) is 35.0 Å². The lowest BCUT2D eigenvalue weighted by molar-refractivity contribution is 0.407. The standard InChI is InChI=1S/C6H6Cl2N2O/c1-3-4(11-2)5(7)10-6(8)9-3/h1-2H3. The average Bonchev–Trinajstić information content (AvgIpc) is 1.85. The highest BCUT2D eigenvalue weighted by Crippen LogP contribution is 2.25. The lowest BCUT2D eigenvalue weighted by atomic mass is 10.4. The van der Waals surface area contributed by atoms with Crippen LogP contribution in [0, 0.1) is 6.92 Å². The lowest BCUT2D eigenvalue weighted by Gasteiger charge is -2.04. The predicted molar refractivity (Wildman–Crippen MR) is 43.3 cm³/mol. The molecule has 0 saturated heterocycles. The summed E-state index contributed by atoms with van der Waals surface area (Å²) in [5.74, 6) is 0.469. The molecule has 0 spiro atoms. The molecule has 5 heteroatoms. The van der Waals surface area contributed by atoms with Crippen LogP contribution in [-0.2, 0) is 0 Å². The molecule has 1 aromatic heterocycles. The van der Waals surface area contributed by atoms with Gasteiger partial charge in [-0.2, -0.15) is 0 Å². The van der Waals surface area contributed by atoms with Crippen LogP contribution in [0.25, 0.3) is 0 Å². The van der Waals surface area contributed by atoms with Crippen molar-refractivity contribution < 1.29 is 4.74 Å². The molecule has 0 aliphatic rings. The second-order valence-corrected chi connectivity index (χ2v) is 2.60. The van der Waals surface area contributed by atoms with Crippen LogP contribution in [0.4, 0.5) is 0 Å². The van der Waals surface area contributed by atoms with E-state index in [4.69, 9.17) is 27.9 Å². The maximum Gasteiger partial charge on any atom is 0.224 e. The van der Waals surface area contributed by atoms with Crippen LogP contribution in [0.1, 0.15) is 5.69 Å². The fraction of sp³-hybridized carbons (Fsp3) is 0.333. The third-order valence-electron chi connectivity index (χ3n) is 1.17. The first-order chi connectivity index (χ1) is 5.15. The monoisotopic (exact) mass is 192 g/mol. The van der Waals surface area contributed by atoms with E-state index >= 15 is 0 Å². The Kier molecular flexibility index (Phi) is 2.52. The highest BCUT2D eigenvalue weighted by molar-refractivity contribution is 6.32. The Morgan fingerprint density at radius 1 is 1.27 bits per heavy atom. The minimum Gasteiger partial charge on any atom is -0.492 e. The summed E-state index contributed by atoms with van der Waals surface area (Å²) in [6.45, 7) is 1.75. The molecule has 0 unspecified atom stereocenters. The molecule has 0 bridgehead atoms. The average molecular weight is 193 g/mol. The molecule has 0 aliphatic carbocycles. The van der Waals surface area contributed by atoms with E-state index in [0.29, 0.717) is 11.4 Å². The molecular formula is C6H6Cl2N2O. The zero-order valence-electron chi connectivity index (χ0n) is 6.06. The van der Waals surface area contributed by atoms with Crippen LogP contribution < -0.4 is 4.74 Å². The van der Waals surface area contributed by atoms with E-state index in [2.05, 4.69) is 9.97 Å². The van der Waals surface area contributed by atoms with E-state index < -0.39 is 0 Å². The molecule has 1 aromatic rings. The Morgan fingerprint density at radius 2 is 1.91 bits per heavy atom. The van der Waals surface area contributed by atoms with Crippen molar-refractivity contribution >= 4 is 23.2 Å². The molecule has 0 N–H and O–H groups in total. The van der Waals surface area contributed by atoms with Crippen molar-refractivity contribution in [1.82, 2.24) is 9.97 Å². The summed E-state index contributed by atoms with van der Waals surface area (Å²) in [5, 5.41) is 0.373. The normalized spacial score (nSPS) is 9.82. The summed E-state index contributed by atoms with van der Waals surface area (Å²) >= 11 is 11.2. The van der Waals surface area contributed by atoms with Crippen LogP contribution in [0.5, 0.6) is 5.75 Å². The Morgan fingerprint density at radius 3 is 2.36 bits per heavy atom. The zero-order chi connectivity index (χ0) is 8.43. The minimum absolute atomic E-state index is 0.133. The summed E-state index contributed by atoms with van der Waals surface area (Å²) in [6.07, 6.45) is 0. The molecule has 0 atom stereocenters. The van der Waals surface area contributed by atoms with Gasteiger partial charge >= 0.3 is 0 Å². The number of methoxy groups -OCH3 is 1. The number of nitrogens with zero attached hydrogens (tertiary/aromatic N) is 2. The van der Waals surface area contributed by atoms with Crippen molar-refractivity contribution in [3.05, 3.63) is 16.1 Å². The highest BCUT2D eigenvalue weighted by Gasteiger charge is 2.07. The molecule has 1 heterocycles. The first-order valence-corrected chi connectivity index (χ1v) is 3.64. The van der Waals surface area contributed by atoms with E-state index in [-0.39, 0.29) is 10.4 Å². The van der Waals surface area contributed by atoms with Crippen molar-refractivity contribution in [2.45, 2.75) is 6.92 Å². The van der Waals surface area contributed by atoms with Gasteiger partial charge in [-0.3, -0.25) is 0 Å². The molecule has 0 saturated carbocycles. The predicted octanol–water partition coefficient (Wildman–Crippen LogP) is 2.10. The molecule has 11 heavy (non-hydrogen) atoms. The van der Waals surface area contributed by atoms with Crippen molar-refractivity contribution in [3.63, 3.8) is 0 Å². The lowest BCUT2D eigenvalue weighted by Crippen LogP contribution is -1.94. The van der Waals surface area contributed by atoms with Gasteiger partial charge < -0.3 is 4.74 Å². The molecule has 0 aromatic carbocycles. The molecule has 1 rings (SSSR count). The largest absolute Gasteiger partial charge is 0.492 e. The van der Waals surface area contributed by atoms with E-state index in [1.54, 1.807) is 6.92 Å². The Balaban J connectivity index is 3.25. The van der Waals surface area contributed by atoms with Crippen LogP contribution in [0.15, 0.2) is 0 Å². The first-order valence-electron chi connectivity index (χ1n) is 2.88. The van der Waals surface area contributed by atoms with Crippen LogP contribution >= 0.6 is 23.2 Å². The van der Waals surface area contributed by atoms with Gasteiger partial charge in [0.25, 0.3) is 0 Å².